The maximum atomic E-state index is 14.6. The summed E-state index contributed by atoms with van der Waals surface area (Å²) in [6.45, 7) is 9.32. The molecule has 0 radical (unpaired) electrons. The van der Waals surface area contributed by atoms with Crippen molar-refractivity contribution in [3.63, 3.8) is 0 Å². The van der Waals surface area contributed by atoms with E-state index in [1.54, 1.807) is 32.2 Å². The fourth-order valence-corrected chi connectivity index (χ4v) is 3.18. The smallest absolute Gasteiger partial charge is 0.405 e. The van der Waals surface area contributed by atoms with Gasteiger partial charge in [-0.1, -0.05) is 13.8 Å². The zero-order chi connectivity index (χ0) is 20.2. The average molecular weight is 375 g/mol. The second-order valence-corrected chi connectivity index (χ2v) is 7.51. The van der Waals surface area contributed by atoms with Gasteiger partial charge in [0.05, 0.1) is 11.2 Å². The average Bonchev–Trinajstić information content (AvgIpc) is 2.52. The third-order valence-corrected chi connectivity index (χ3v) is 4.11. The molecule has 2 aromatic rings. The Kier molecular flexibility index (Phi) is 6.36. The van der Waals surface area contributed by atoms with Crippen molar-refractivity contribution in [1.82, 2.24) is 15.3 Å². The van der Waals surface area contributed by atoms with Crippen LogP contribution in [0.3, 0.4) is 0 Å². The number of ether oxygens (including phenoxy) is 1. The first kappa shape index (κ1) is 20.6. The van der Waals surface area contributed by atoms with Crippen LogP contribution in [0.4, 0.5) is 9.18 Å². The van der Waals surface area contributed by atoms with Crippen molar-refractivity contribution in [2.75, 3.05) is 6.61 Å². The molecular formula is C20H26FN3O3. The van der Waals surface area contributed by atoms with Gasteiger partial charge in [0, 0.05) is 17.5 Å². The van der Waals surface area contributed by atoms with Gasteiger partial charge in [-0.05, 0) is 56.9 Å². The summed E-state index contributed by atoms with van der Waals surface area (Å²) in [4.78, 5) is 19.3. The van der Waals surface area contributed by atoms with Gasteiger partial charge in [0.1, 0.15) is 6.61 Å². The van der Waals surface area contributed by atoms with E-state index in [2.05, 4.69) is 15.3 Å². The largest absolute Gasteiger partial charge is 0.486 e. The van der Waals surface area contributed by atoms with E-state index in [1.165, 1.54) is 0 Å². The highest BCUT2D eigenvalue weighted by Crippen LogP contribution is 2.28. The summed E-state index contributed by atoms with van der Waals surface area (Å²) >= 11 is 0. The van der Waals surface area contributed by atoms with Crippen LogP contribution in [0.25, 0.3) is 11.3 Å². The van der Waals surface area contributed by atoms with Crippen molar-refractivity contribution >= 4 is 6.09 Å². The third kappa shape index (κ3) is 5.64. The minimum Gasteiger partial charge on any atom is -0.486 e. The predicted molar refractivity (Wildman–Crippen MR) is 101 cm³/mol. The molecule has 0 aliphatic rings. The number of rotatable bonds is 7. The molecule has 146 valence electrons. The molecule has 2 N–H and O–H groups in total. The Morgan fingerprint density at radius 3 is 2.63 bits per heavy atom. The van der Waals surface area contributed by atoms with Crippen LogP contribution in [0.1, 0.15) is 38.4 Å². The molecule has 1 unspecified atom stereocenters. The first-order chi connectivity index (χ1) is 12.6. The van der Waals surface area contributed by atoms with Crippen molar-refractivity contribution in [3.05, 3.63) is 41.6 Å². The Bertz CT molecular complexity index is 803. The lowest BCUT2D eigenvalue weighted by atomic mass is 9.91. The molecule has 1 amide bonds. The van der Waals surface area contributed by atoms with E-state index in [4.69, 9.17) is 9.84 Å². The molecule has 0 spiro atoms. The summed E-state index contributed by atoms with van der Waals surface area (Å²) in [5, 5.41) is 11.6. The van der Waals surface area contributed by atoms with Crippen LogP contribution in [-0.2, 0) is 0 Å². The lowest BCUT2D eigenvalue weighted by molar-refractivity contribution is 0.140. The number of aromatic nitrogens is 2. The molecule has 0 aromatic carbocycles. The zero-order valence-electron chi connectivity index (χ0n) is 16.3. The van der Waals surface area contributed by atoms with Crippen LogP contribution < -0.4 is 10.1 Å². The Morgan fingerprint density at radius 2 is 2.07 bits per heavy atom. The quantitative estimate of drug-likeness (QED) is 0.703. The summed E-state index contributed by atoms with van der Waals surface area (Å²) in [5.74, 6) is -0.444. The van der Waals surface area contributed by atoms with E-state index >= 15 is 0 Å². The number of hydrogen-bond donors (Lipinski definition) is 2. The zero-order valence-corrected chi connectivity index (χ0v) is 16.3. The van der Waals surface area contributed by atoms with E-state index in [1.807, 2.05) is 26.8 Å². The SMILES string of the molecule is Cc1cc(-c2cc(C)c(OCC(C)(CC(C)C)NC(=O)O)c(F)n2)ccn1. The van der Waals surface area contributed by atoms with Gasteiger partial charge in [-0.15, -0.1) is 0 Å². The normalized spacial score (nSPS) is 13.3. The van der Waals surface area contributed by atoms with Crippen LogP contribution >= 0.6 is 0 Å². The van der Waals surface area contributed by atoms with Gasteiger partial charge in [-0.25, -0.2) is 9.78 Å². The molecule has 27 heavy (non-hydrogen) atoms. The van der Waals surface area contributed by atoms with Crippen LogP contribution in [0, 0.1) is 25.7 Å². The van der Waals surface area contributed by atoms with Gasteiger partial charge >= 0.3 is 6.09 Å². The number of halogens is 1. The summed E-state index contributed by atoms with van der Waals surface area (Å²) in [6, 6.07) is 5.35. The van der Waals surface area contributed by atoms with Gasteiger partial charge in [-0.3, -0.25) is 4.98 Å². The van der Waals surface area contributed by atoms with Crippen LogP contribution in [-0.4, -0.2) is 33.3 Å². The number of carbonyl (C=O) groups is 1. The number of nitrogens with zero attached hydrogens (tertiary/aromatic N) is 2. The fraction of sp³-hybridized carbons (Fsp3) is 0.450. The molecule has 1 atom stereocenters. The molecular weight excluding hydrogens is 349 g/mol. The number of pyridine rings is 2. The van der Waals surface area contributed by atoms with Gasteiger partial charge in [0.25, 0.3) is 5.95 Å². The van der Waals surface area contributed by atoms with E-state index in [0.717, 1.165) is 11.3 Å². The molecule has 0 aliphatic carbocycles. The van der Waals surface area contributed by atoms with Gasteiger partial charge in [-0.2, -0.15) is 4.39 Å². The predicted octanol–water partition coefficient (Wildman–Crippen LogP) is 4.35. The molecule has 7 heteroatoms. The fourth-order valence-electron chi connectivity index (χ4n) is 3.18. The minimum absolute atomic E-state index is 0.00460. The monoisotopic (exact) mass is 375 g/mol. The number of carboxylic acid groups (broad SMARTS) is 1. The van der Waals surface area contributed by atoms with Crippen LogP contribution in [0.2, 0.25) is 0 Å². The second-order valence-electron chi connectivity index (χ2n) is 7.51. The Morgan fingerprint density at radius 1 is 1.37 bits per heavy atom. The number of nitrogens with one attached hydrogen (secondary N) is 1. The van der Waals surface area contributed by atoms with Gasteiger partial charge in [0.2, 0.25) is 0 Å². The van der Waals surface area contributed by atoms with Crippen molar-refractivity contribution in [3.8, 4) is 17.0 Å². The molecule has 0 saturated carbocycles. The third-order valence-electron chi connectivity index (χ3n) is 4.11. The van der Waals surface area contributed by atoms with Gasteiger partial charge < -0.3 is 15.2 Å². The maximum Gasteiger partial charge on any atom is 0.405 e. The maximum absolute atomic E-state index is 14.6. The number of hydrogen-bond acceptors (Lipinski definition) is 4. The van der Waals surface area contributed by atoms with Crippen molar-refractivity contribution in [2.24, 2.45) is 5.92 Å². The number of amides is 1. The summed E-state index contributed by atoms with van der Waals surface area (Å²) in [7, 11) is 0. The number of aryl methyl sites for hydroxylation is 2. The summed E-state index contributed by atoms with van der Waals surface area (Å²) in [5.41, 5.74) is 1.84. The Hall–Kier alpha value is -2.70. The second kappa shape index (κ2) is 8.33. The molecule has 0 aliphatic heterocycles. The van der Waals surface area contributed by atoms with E-state index in [-0.39, 0.29) is 18.3 Å². The molecule has 2 rings (SSSR count). The first-order valence-electron chi connectivity index (χ1n) is 8.84. The first-order valence-corrected chi connectivity index (χ1v) is 8.84. The summed E-state index contributed by atoms with van der Waals surface area (Å²) in [6.07, 6.45) is 1.07. The molecule has 2 heterocycles. The van der Waals surface area contributed by atoms with Crippen LogP contribution in [0.5, 0.6) is 5.75 Å². The topological polar surface area (TPSA) is 84.3 Å². The van der Waals surface area contributed by atoms with Crippen molar-refractivity contribution in [1.29, 1.82) is 0 Å². The highest BCUT2D eigenvalue weighted by molar-refractivity contribution is 5.65. The van der Waals surface area contributed by atoms with Crippen molar-refractivity contribution in [2.45, 2.75) is 46.6 Å². The summed E-state index contributed by atoms with van der Waals surface area (Å²) < 4.78 is 20.3. The minimum atomic E-state index is -1.14. The highest BCUT2D eigenvalue weighted by atomic mass is 19.1. The standard InChI is InChI=1S/C20H26FN3O3/c1-12(2)10-20(5,24-19(25)26)11-27-17-13(3)8-16(23-18(17)21)15-6-7-22-14(4)9-15/h6-9,12,24H,10-11H2,1-5H3,(H,25,26). The highest BCUT2D eigenvalue weighted by Gasteiger charge is 2.29. The molecule has 0 fully saturated rings. The van der Waals surface area contributed by atoms with E-state index in [0.29, 0.717) is 17.7 Å². The van der Waals surface area contributed by atoms with Crippen LogP contribution in [0.15, 0.2) is 24.4 Å². The van der Waals surface area contributed by atoms with Gasteiger partial charge in [0.15, 0.2) is 5.75 Å². The van der Waals surface area contributed by atoms with E-state index in [9.17, 15) is 9.18 Å². The Balaban J connectivity index is 2.24. The lowest BCUT2D eigenvalue weighted by Gasteiger charge is -2.31. The Labute approximate surface area is 158 Å². The molecule has 6 nitrogen and oxygen atoms in total. The lowest BCUT2D eigenvalue weighted by Crippen LogP contribution is -2.50. The van der Waals surface area contributed by atoms with Crippen molar-refractivity contribution < 1.29 is 19.0 Å². The molecule has 0 saturated heterocycles. The van der Waals surface area contributed by atoms with E-state index < -0.39 is 17.6 Å². The molecule has 2 aromatic heterocycles. The molecule has 0 bridgehead atoms.